The van der Waals surface area contributed by atoms with Crippen molar-refractivity contribution in [3.05, 3.63) is 29.3 Å². The zero-order valence-corrected chi connectivity index (χ0v) is 15.9. The number of hydrogen-bond donors (Lipinski definition) is 1. The minimum Gasteiger partial charge on any atom is -0.410 e. The molecule has 2 aliphatic carbocycles. The lowest BCUT2D eigenvalue weighted by Crippen LogP contribution is -2.52. The number of ether oxygens (including phenoxy) is 1. The molecule has 1 saturated carbocycles. The summed E-state index contributed by atoms with van der Waals surface area (Å²) in [7, 11) is 0. The normalized spacial score (nSPS) is 28.5. The average Bonchev–Trinajstić information content (AvgIpc) is 2.60. The molecule has 0 aromatic heterocycles. The van der Waals surface area contributed by atoms with E-state index in [1.165, 1.54) is 36.8 Å². The number of hydrogen-bond acceptors (Lipinski definition) is 3. The van der Waals surface area contributed by atoms with Crippen molar-refractivity contribution < 1.29 is 9.53 Å². The minimum absolute atomic E-state index is 0.0176. The Balaban J connectivity index is 1.91. The molecule has 0 spiro atoms. The number of nitrogens with zero attached hydrogens (tertiary/aromatic N) is 1. The highest BCUT2D eigenvalue weighted by molar-refractivity contribution is 5.70. The molecule has 0 heterocycles. The van der Waals surface area contributed by atoms with E-state index in [9.17, 15) is 4.79 Å². The van der Waals surface area contributed by atoms with Gasteiger partial charge >= 0.3 is 6.09 Å². The van der Waals surface area contributed by atoms with Crippen molar-refractivity contribution >= 4 is 6.09 Å². The molecule has 1 amide bonds. The third kappa shape index (κ3) is 3.41. The maximum Gasteiger partial charge on any atom is 0.415 e. The van der Waals surface area contributed by atoms with Gasteiger partial charge in [0.25, 0.3) is 0 Å². The summed E-state index contributed by atoms with van der Waals surface area (Å²) in [5, 5.41) is 0. The van der Waals surface area contributed by atoms with Crippen LogP contribution < -0.4 is 10.5 Å². The summed E-state index contributed by atoms with van der Waals surface area (Å²) < 4.78 is 5.64. The summed E-state index contributed by atoms with van der Waals surface area (Å²) in [4.78, 5) is 14.0. The van der Waals surface area contributed by atoms with Gasteiger partial charge in [-0.3, -0.25) is 0 Å². The highest BCUT2D eigenvalue weighted by atomic mass is 16.6. The van der Waals surface area contributed by atoms with Crippen molar-refractivity contribution in [1.82, 2.24) is 4.90 Å². The van der Waals surface area contributed by atoms with Gasteiger partial charge in [-0.25, -0.2) is 4.79 Å². The van der Waals surface area contributed by atoms with Crippen LogP contribution in [0.25, 0.3) is 0 Å². The van der Waals surface area contributed by atoms with Gasteiger partial charge in [-0.1, -0.05) is 32.3 Å². The fourth-order valence-corrected chi connectivity index (χ4v) is 4.74. The zero-order valence-electron chi connectivity index (χ0n) is 15.9. The average molecular weight is 344 g/mol. The number of benzene rings is 1. The Kier molecular flexibility index (Phi) is 5.38. The molecule has 0 unspecified atom stereocenters. The van der Waals surface area contributed by atoms with Crippen LogP contribution in [0.2, 0.25) is 0 Å². The van der Waals surface area contributed by atoms with Gasteiger partial charge in [-0.15, -0.1) is 0 Å². The summed E-state index contributed by atoms with van der Waals surface area (Å²) in [5.41, 5.74) is 9.39. The Morgan fingerprint density at radius 1 is 1.28 bits per heavy atom. The van der Waals surface area contributed by atoms with Crippen LogP contribution in [-0.4, -0.2) is 30.1 Å². The lowest BCUT2D eigenvalue weighted by molar-refractivity contribution is 0.156. The summed E-state index contributed by atoms with van der Waals surface area (Å²) in [6, 6.07) is 6.36. The van der Waals surface area contributed by atoms with E-state index < -0.39 is 0 Å². The van der Waals surface area contributed by atoms with Crippen LogP contribution in [0.4, 0.5) is 4.79 Å². The van der Waals surface area contributed by atoms with E-state index in [-0.39, 0.29) is 17.6 Å². The quantitative estimate of drug-likeness (QED) is 0.892. The van der Waals surface area contributed by atoms with Crippen molar-refractivity contribution in [1.29, 1.82) is 0 Å². The van der Waals surface area contributed by atoms with Crippen LogP contribution in [0, 0.1) is 5.92 Å². The standard InChI is InChI=1S/C21H32N2O2/c1-4-23(5-2)20(24)25-17-11-10-15-13-16-9-7-6-8-12-21(3,19(16)22)18(15)14-17/h10-11,14,16,19H,4-9,12-13,22H2,1-3H3/t16-,19-,21+/m0/s1. The van der Waals surface area contributed by atoms with Crippen molar-refractivity contribution in [2.45, 2.75) is 70.8 Å². The van der Waals surface area contributed by atoms with E-state index in [0.29, 0.717) is 24.8 Å². The Hall–Kier alpha value is -1.55. The topological polar surface area (TPSA) is 55.6 Å². The molecule has 1 fully saturated rings. The first-order chi connectivity index (χ1) is 12.0. The number of rotatable bonds is 3. The molecule has 2 aliphatic rings. The number of carbonyl (C=O) groups is 1. The highest BCUT2D eigenvalue weighted by Crippen LogP contribution is 2.46. The van der Waals surface area contributed by atoms with Crippen LogP contribution in [0.1, 0.15) is 64.0 Å². The van der Waals surface area contributed by atoms with Crippen molar-refractivity contribution in [2.24, 2.45) is 11.7 Å². The molecule has 2 bridgehead atoms. The molecule has 1 aromatic carbocycles. The van der Waals surface area contributed by atoms with Crippen LogP contribution in [0.15, 0.2) is 18.2 Å². The second kappa shape index (κ2) is 7.36. The fourth-order valence-electron chi connectivity index (χ4n) is 4.74. The minimum atomic E-state index is -0.272. The first kappa shape index (κ1) is 18.2. The largest absolute Gasteiger partial charge is 0.415 e. The monoisotopic (exact) mass is 344 g/mol. The van der Waals surface area contributed by atoms with E-state index in [1.807, 2.05) is 19.9 Å². The van der Waals surface area contributed by atoms with Gasteiger partial charge < -0.3 is 15.4 Å². The second-order valence-corrected chi connectivity index (χ2v) is 7.87. The van der Waals surface area contributed by atoms with Crippen molar-refractivity contribution in [2.75, 3.05) is 13.1 Å². The van der Waals surface area contributed by atoms with Crippen LogP contribution >= 0.6 is 0 Å². The molecule has 4 nitrogen and oxygen atoms in total. The van der Waals surface area contributed by atoms with Gasteiger partial charge in [0.05, 0.1) is 0 Å². The molecule has 4 heteroatoms. The predicted octanol–water partition coefficient (Wildman–Crippen LogP) is 4.25. The number of fused-ring (bicyclic) bond motifs is 4. The van der Waals surface area contributed by atoms with Gasteiger partial charge in [0.2, 0.25) is 0 Å². The SMILES string of the molecule is CCN(CC)C(=O)Oc1ccc2c(c1)[C@@]1(C)CCCCC[C@@H](C2)[C@@H]1N. The molecule has 3 atom stereocenters. The number of nitrogens with two attached hydrogens (primary N) is 1. The summed E-state index contributed by atoms with van der Waals surface area (Å²) in [6.07, 6.45) is 6.94. The Morgan fingerprint density at radius 2 is 2.04 bits per heavy atom. The predicted molar refractivity (Wildman–Crippen MR) is 101 cm³/mol. The van der Waals surface area contributed by atoms with Crippen molar-refractivity contribution in [3.8, 4) is 5.75 Å². The summed E-state index contributed by atoms with van der Waals surface area (Å²) in [5.74, 6) is 1.21. The molecule has 0 aliphatic heterocycles. The van der Waals surface area contributed by atoms with Gasteiger partial charge in [-0.05, 0) is 62.3 Å². The number of carbonyl (C=O) groups excluding carboxylic acids is 1. The summed E-state index contributed by atoms with van der Waals surface area (Å²) in [6.45, 7) is 7.55. The third-order valence-electron chi connectivity index (χ3n) is 6.42. The molecule has 1 aromatic rings. The summed E-state index contributed by atoms with van der Waals surface area (Å²) >= 11 is 0. The van der Waals surface area contributed by atoms with E-state index >= 15 is 0 Å². The molecule has 2 N–H and O–H groups in total. The molecule has 25 heavy (non-hydrogen) atoms. The maximum absolute atomic E-state index is 12.3. The lowest BCUT2D eigenvalue weighted by atomic mass is 9.60. The molecule has 0 saturated heterocycles. The third-order valence-corrected chi connectivity index (χ3v) is 6.42. The van der Waals surface area contributed by atoms with Gasteiger partial charge in [0, 0.05) is 24.5 Å². The second-order valence-electron chi connectivity index (χ2n) is 7.87. The number of amides is 1. The lowest BCUT2D eigenvalue weighted by Gasteiger charge is -2.47. The van der Waals surface area contributed by atoms with Crippen LogP contribution in [0.5, 0.6) is 5.75 Å². The Morgan fingerprint density at radius 3 is 2.76 bits per heavy atom. The highest BCUT2D eigenvalue weighted by Gasteiger charge is 2.43. The van der Waals surface area contributed by atoms with Gasteiger partial charge in [-0.2, -0.15) is 0 Å². The van der Waals surface area contributed by atoms with E-state index in [4.69, 9.17) is 10.5 Å². The first-order valence-electron chi connectivity index (χ1n) is 9.85. The van der Waals surface area contributed by atoms with Gasteiger partial charge in [0.15, 0.2) is 0 Å². The first-order valence-corrected chi connectivity index (χ1v) is 9.85. The van der Waals surface area contributed by atoms with E-state index in [0.717, 1.165) is 12.8 Å². The molecule has 0 radical (unpaired) electrons. The van der Waals surface area contributed by atoms with Crippen LogP contribution in [-0.2, 0) is 11.8 Å². The zero-order chi connectivity index (χ0) is 18.0. The van der Waals surface area contributed by atoms with E-state index in [1.54, 1.807) is 4.90 Å². The van der Waals surface area contributed by atoms with Crippen LogP contribution in [0.3, 0.4) is 0 Å². The molecule has 3 rings (SSSR count). The molecular formula is C21H32N2O2. The molecular weight excluding hydrogens is 312 g/mol. The van der Waals surface area contributed by atoms with E-state index in [2.05, 4.69) is 19.1 Å². The Labute approximate surface area is 151 Å². The molecule has 138 valence electrons. The fraction of sp³-hybridized carbons (Fsp3) is 0.667. The smallest absolute Gasteiger partial charge is 0.410 e. The maximum atomic E-state index is 12.3. The van der Waals surface area contributed by atoms with Gasteiger partial charge in [0.1, 0.15) is 5.75 Å². The van der Waals surface area contributed by atoms with Crippen molar-refractivity contribution in [3.63, 3.8) is 0 Å². The Bertz CT molecular complexity index is 626.